The topological polar surface area (TPSA) is 86.8 Å². The lowest BCUT2D eigenvalue weighted by Crippen LogP contribution is -2.51. The highest BCUT2D eigenvalue weighted by molar-refractivity contribution is 7.89. The van der Waals surface area contributed by atoms with E-state index in [-0.39, 0.29) is 42.1 Å². The third-order valence-electron chi connectivity index (χ3n) is 6.71. The van der Waals surface area contributed by atoms with Crippen LogP contribution in [-0.4, -0.2) is 55.6 Å². The maximum absolute atomic E-state index is 13.8. The van der Waals surface area contributed by atoms with E-state index in [1.54, 1.807) is 35.2 Å². The smallest absolute Gasteiger partial charge is 0.243 e. The molecular formula is C32H41N3O4S. The van der Waals surface area contributed by atoms with Gasteiger partial charge in [0.2, 0.25) is 21.8 Å². The molecule has 0 aliphatic carbocycles. The Hall–Kier alpha value is -3.49. The van der Waals surface area contributed by atoms with Gasteiger partial charge in [-0.3, -0.25) is 9.59 Å². The molecule has 3 rings (SSSR count). The van der Waals surface area contributed by atoms with Crippen molar-refractivity contribution in [3.63, 3.8) is 0 Å². The number of nitrogens with zero attached hydrogens (tertiary/aromatic N) is 2. The quantitative estimate of drug-likeness (QED) is 0.305. The number of carbonyl (C=O) groups excluding carboxylic acids is 2. The van der Waals surface area contributed by atoms with Gasteiger partial charge in [-0.2, -0.15) is 0 Å². The maximum atomic E-state index is 13.8. The number of benzene rings is 3. The van der Waals surface area contributed by atoms with Crippen molar-refractivity contribution in [3.8, 4) is 0 Å². The summed E-state index contributed by atoms with van der Waals surface area (Å²) in [6.45, 7) is 7.04. The molecule has 0 spiro atoms. The molecule has 0 fully saturated rings. The van der Waals surface area contributed by atoms with Crippen LogP contribution in [0.15, 0.2) is 89.8 Å². The second-order valence-corrected chi connectivity index (χ2v) is 12.6. The van der Waals surface area contributed by atoms with Gasteiger partial charge in [0.1, 0.15) is 6.04 Å². The monoisotopic (exact) mass is 563 g/mol. The molecule has 1 N–H and O–H groups in total. The summed E-state index contributed by atoms with van der Waals surface area (Å²) in [7, 11) is -2.13. The van der Waals surface area contributed by atoms with Crippen LogP contribution in [0.1, 0.15) is 43.4 Å². The predicted octanol–water partition coefficient (Wildman–Crippen LogP) is 4.81. The molecule has 3 aromatic carbocycles. The molecule has 2 amide bonds. The molecule has 1 atom stereocenters. The Bertz CT molecular complexity index is 1340. The van der Waals surface area contributed by atoms with E-state index >= 15 is 0 Å². The number of sulfonamides is 1. The van der Waals surface area contributed by atoms with Crippen molar-refractivity contribution < 1.29 is 18.0 Å². The van der Waals surface area contributed by atoms with Gasteiger partial charge in [0.05, 0.1) is 4.90 Å². The molecule has 0 saturated carbocycles. The average Bonchev–Trinajstić information content (AvgIpc) is 2.94. The fourth-order valence-electron chi connectivity index (χ4n) is 4.47. The van der Waals surface area contributed by atoms with Crippen LogP contribution in [-0.2, 0) is 32.6 Å². The van der Waals surface area contributed by atoms with Crippen LogP contribution in [0.3, 0.4) is 0 Å². The molecule has 214 valence electrons. The molecule has 0 saturated heterocycles. The SMILES string of the molecule is Cc1cccc(CN(C(=O)CCCN(C)S(=O)(=O)c2ccccc2)C(Cc2ccccc2)C(=O)NCC(C)C)c1. The van der Waals surface area contributed by atoms with Crippen LogP contribution in [0, 0.1) is 12.8 Å². The molecule has 7 nitrogen and oxygen atoms in total. The van der Waals surface area contributed by atoms with Gasteiger partial charge in [0, 0.05) is 39.5 Å². The maximum Gasteiger partial charge on any atom is 0.243 e. The number of aryl methyl sites for hydroxylation is 1. The van der Waals surface area contributed by atoms with Crippen molar-refractivity contribution in [2.24, 2.45) is 5.92 Å². The zero-order valence-corrected chi connectivity index (χ0v) is 24.7. The van der Waals surface area contributed by atoms with Crippen LogP contribution in [0.2, 0.25) is 0 Å². The van der Waals surface area contributed by atoms with Gasteiger partial charge in [0.15, 0.2) is 0 Å². The van der Waals surface area contributed by atoms with Crippen LogP contribution in [0.5, 0.6) is 0 Å². The Kier molecular flexibility index (Phi) is 11.5. The van der Waals surface area contributed by atoms with Gasteiger partial charge in [0.25, 0.3) is 0 Å². The van der Waals surface area contributed by atoms with Gasteiger partial charge in [-0.15, -0.1) is 0 Å². The number of hydrogen-bond acceptors (Lipinski definition) is 4. The van der Waals surface area contributed by atoms with Crippen molar-refractivity contribution in [2.45, 2.75) is 57.5 Å². The molecule has 1 unspecified atom stereocenters. The number of nitrogens with one attached hydrogen (secondary N) is 1. The van der Waals surface area contributed by atoms with E-state index in [4.69, 9.17) is 0 Å². The summed E-state index contributed by atoms with van der Waals surface area (Å²) in [6, 6.07) is 25.2. The van der Waals surface area contributed by atoms with E-state index in [0.29, 0.717) is 19.4 Å². The largest absolute Gasteiger partial charge is 0.354 e. The van der Waals surface area contributed by atoms with Gasteiger partial charge in [-0.1, -0.05) is 92.2 Å². The highest BCUT2D eigenvalue weighted by Gasteiger charge is 2.30. The first-order chi connectivity index (χ1) is 19.1. The van der Waals surface area contributed by atoms with Gasteiger partial charge in [-0.05, 0) is 42.5 Å². The third-order valence-corrected chi connectivity index (χ3v) is 8.58. The van der Waals surface area contributed by atoms with Crippen LogP contribution >= 0.6 is 0 Å². The van der Waals surface area contributed by atoms with Crippen LogP contribution in [0.4, 0.5) is 0 Å². The normalized spacial score (nSPS) is 12.3. The first-order valence-corrected chi connectivity index (χ1v) is 15.2. The molecule has 0 heterocycles. The lowest BCUT2D eigenvalue weighted by Gasteiger charge is -2.32. The zero-order chi connectivity index (χ0) is 29.1. The lowest BCUT2D eigenvalue weighted by atomic mass is 10.0. The van der Waals surface area contributed by atoms with Crippen molar-refractivity contribution in [1.82, 2.24) is 14.5 Å². The summed E-state index contributed by atoms with van der Waals surface area (Å²) >= 11 is 0. The molecule has 3 aromatic rings. The Balaban J connectivity index is 1.82. The minimum absolute atomic E-state index is 0.114. The predicted molar refractivity (Wildman–Crippen MR) is 159 cm³/mol. The van der Waals surface area contributed by atoms with Crippen LogP contribution in [0.25, 0.3) is 0 Å². The summed E-state index contributed by atoms with van der Waals surface area (Å²) < 4.78 is 27.1. The molecule has 40 heavy (non-hydrogen) atoms. The molecule has 0 aliphatic heterocycles. The second-order valence-electron chi connectivity index (χ2n) is 10.6. The lowest BCUT2D eigenvalue weighted by molar-refractivity contribution is -0.141. The Morgan fingerprint density at radius 1 is 0.875 bits per heavy atom. The van der Waals surface area contributed by atoms with Gasteiger partial charge in [-0.25, -0.2) is 12.7 Å². The Morgan fingerprint density at radius 3 is 2.12 bits per heavy atom. The molecule has 8 heteroatoms. The van der Waals surface area contributed by atoms with E-state index in [0.717, 1.165) is 16.7 Å². The Morgan fingerprint density at radius 2 is 1.50 bits per heavy atom. The van der Waals surface area contributed by atoms with Crippen molar-refractivity contribution in [3.05, 3.63) is 102 Å². The van der Waals surface area contributed by atoms with Crippen molar-refractivity contribution >= 4 is 21.8 Å². The first kappa shape index (κ1) is 31.0. The summed E-state index contributed by atoms with van der Waals surface area (Å²) in [5.74, 6) is -0.112. The first-order valence-electron chi connectivity index (χ1n) is 13.8. The summed E-state index contributed by atoms with van der Waals surface area (Å²) in [6.07, 6.45) is 0.825. The summed E-state index contributed by atoms with van der Waals surface area (Å²) in [5, 5.41) is 3.03. The third kappa shape index (κ3) is 9.03. The highest BCUT2D eigenvalue weighted by atomic mass is 32.2. The van der Waals surface area contributed by atoms with E-state index in [9.17, 15) is 18.0 Å². The van der Waals surface area contributed by atoms with Crippen molar-refractivity contribution in [1.29, 1.82) is 0 Å². The number of rotatable bonds is 14. The average molecular weight is 564 g/mol. The molecule has 0 aliphatic rings. The molecule has 0 aromatic heterocycles. The highest BCUT2D eigenvalue weighted by Crippen LogP contribution is 2.19. The van der Waals surface area contributed by atoms with Gasteiger partial charge < -0.3 is 10.2 Å². The van der Waals surface area contributed by atoms with E-state index < -0.39 is 16.1 Å². The molecule has 0 bridgehead atoms. The number of hydrogen-bond donors (Lipinski definition) is 1. The number of carbonyl (C=O) groups is 2. The summed E-state index contributed by atoms with van der Waals surface area (Å²) in [4.78, 5) is 29.2. The summed E-state index contributed by atoms with van der Waals surface area (Å²) in [5.41, 5.74) is 2.97. The minimum Gasteiger partial charge on any atom is -0.354 e. The second kappa shape index (κ2) is 14.8. The van der Waals surface area contributed by atoms with Crippen molar-refractivity contribution in [2.75, 3.05) is 20.1 Å². The van der Waals surface area contributed by atoms with E-state index in [1.165, 1.54) is 11.4 Å². The van der Waals surface area contributed by atoms with Crippen LogP contribution < -0.4 is 5.32 Å². The van der Waals surface area contributed by atoms with E-state index in [2.05, 4.69) is 5.32 Å². The Labute approximate surface area is 239 Å². The zero-order valence-electron chi connectivity index (χ0n) is 23.9. The fraction of sp³-hybridized carbons (Fsp3) is 0.375. The molecular weight excluding hydrogens is 522 g/mol. The van der Waals surface area contributed by atoms with E-state index in [1.807, 2.05) is 75.4 Å². The molecule has 0 radical (unpaired) electrons. The van der Waals surface area contributed by atoms with Gasteiger partial charge >= 0.3 is 0 Å². The standard InChI is InChI=1S/C32H41N3O4S/c1-25(2)23-33-32(37)30(22-27-14-7-5-8-15-27)35(24-28-16-11-13-26(3)21-28)31(36)19-12-20-34(4)40(38,39)29-17-9-6-10-18-29/h5-11,13-18,21,25,30H,12,19-20,22-24H2,1-4H3,(H,33,37). The number of amides is 2. The minimum atomic E-state index is -3.65. The fourth-order valence-corrected chi connectivity index (χ4v) is 5.70.